The second kappa shape index (κ2) is 18.6. The van der Waals surface area contributed by atoms with Crippen LogP contribution in [0.4, 0.5) is 30.2 Å². The van der Waals surface area contributed by atoms with Crippen LogP contribution in [-0.2, 0) is 35.1 Å². The number of fused-ring (bicyclic) bond motifs is 2. The van der Waals surface area contributed by atoms with E-state index in [0.29, 0.717) is 49.3 Å². The first kappa shape index (κ1) is 45.0. The van der Waals surface area contributed by atoms with Gasteiger partial charge in [-0.25, -0.2) is 8.42 Å². The number of halogens is 3. The van der Waals surface area contributed by atoms with Gasteiger partial charge in [-0.1, -0.05) is 80.6 Å². The third-order valence-electron chi connectivity index (χ3n) is 11.4. The number of allylic oxidation sites excluding steroid dienone is 7. The van der Waals surface area contributed by atoms with Crippen molar-refractivity contribution in [3.63, 3.8) is 0 Å². The highest BCUT2D eigenvalue weighted by atomic mass is 32.2. The summed E-state index contributed by atoms with van der Waals surface area (Å²) in [6.07, 6.45) is 5.14. The largest absolute Gasteiger partial charge is 0.748 e. The molecule has 0 atom stereocenters. The molecule has 0 unspecified atom stereocenters. The molecule has 0 saturated carbocycles. The minimum absolute atomic E-state index is 0.0804. The average Bonchev–Trinajstić information content (AvgIpc) is 3.77. The molecule has 3 aliphatic rings. The first-order valence-corrected chi connectivity index (χ1v) is 22.4. The van der Waals surface area contributed by atoms with Crippen molar-refractivity contribution in [2.45, 2.75) is 83.2 Å². The molecule has 1 aliphatic carbocycles. The van der Waals surface area contributed by atoms with Crippen molar-refractivity contribution in [1.29, 1.82) is 0 Å². The number of unbranched alkanes of at least 4 members (excludes halogenated alkanes) is 2. The van der Waals surface area contributed by atoms with Gasteiger partial charge in [0.2, 0.25) is 5.69 Å². The van der Waals surface area contributed by atoms with Crippen LogP contribution in [0.3, 0.4) is 0 Å². The number of alkyl halides is 3. The van der Waals surface area contributed by atoms with Crippen molar-refractivity contribution in [1.82, 2.24) is 0 Å². The highest BCUT2D eigenvalue weighted by Gasteiger charge is 2.47. The summed E-state index contributed by atoms with van der Waals surface area (Å²) >= 11 is 0.933. The van der Waals surface area contributed by atoms with Crippen LogP contribution in [0, 0.1) is 0 Å². The summed E-state index contributed by atoms with van der Waals surface area (Å²) in [6, 6.07) is 23.8. The predicted molar refractivity (Wildman–Crippen MR) is 225 cm³/mol. The van der Waals surface area contributed by atoms with Crippen LogP contribution in [0.25, 0.3) is 0 Å². The summed E-state index contributed by atoms with van der Waals surface area (Å²) < 4.78 is 84.5. The number of hydrogen-bond donors (Lipinski definition) is 0. The standard InChI is InChI=1S/C45H50F3N3O7S2/c1-43(2)35-18-8-10-20-37(35)49(28-12-14-30-59-58-57-53)39(43)26-24-32-22-23-33(41(32)51(42(52)45(46,47)48)34-16-6-5-7-17-34)25-27-40-44(3,4)36-19-9-11-21-38(36)50(40)29-13-15-31-60(54,55)56/h5-11,16-21,24-27H,12-15,22-23,28-31H2,1-4H3,(H-,53,54,55,56)/p-1. The predicted octanol–water partition coefficient (Wildman–Crippen LogP) is 8.85. The number of para-hydroxylation sites is 3. The maximum Gasteiger partial charge on any atom is 0.472 e. The molecular weight excluding hydrogens is 816 g/mol. The van der Waals surface area contributed by atoms with E-state index in [9.17, 15) is 36.2 Å². The van der Waals surface area contributed by atoms with Gasteiger partial charge >= 0.3 is 12.1 Å². The Hall–Kier alpha value is -4.51. The first-order valence-electron chi connectivity index (χ1n) is 19.9. The molecular formula is C45H49F3N3O7S2-. The van der Waals surface area contributed by atoms with Gasteiger partial charge in [-0.3, -0.25) is 14.7 Å². The number of benzene rings is 3. The van der Waals surface area contributed by atoms with Gasteiger partial charge in [0.1, 0.15) is 6.54 Å². The SMILES string of the molecule is CC1(C)C(/C=C/C2=C(N(C(=O)C(F)(F)F)c3ccccc3)C(=C/C=C3/N(CCCCSOO[O-])c4ccccc4C3(C)C)/CC2)=[N+](CCCCS(=O)(=O)[O-])c2ccccc21. The quantitative estimate of drug-likeness (QED) is 0.0327. The molecule has 0 aromatic heterocycles. The first-order chi connectivity index (χ1) is 28.5. The molecule has 60 heavy (non-hydrogen) atoms. The van der Waals surface area contributed by atoms with Crippen molar-refractivity contribution in [2.75, 3.05) is 34.4 Å². The smallest absolute Gasteiger partial charge is 0.472 e. The number of rotatable bonds is 17. The van der Waals surface area contributed by atoms with Gasteiger partial charge in [-0.05, 0) is 86.9 Å². The van der Waals surface area contributed by atoms with Gasteiger partial charge in [0.15, 0.2) is 5.71 Å². The van der Waals surface area contributed by atoms with Crippen LogP contribution >= 0.6 is 12.0 Å². The summed E-state index contributed by atoms with van der Waals surface area (Å²) in [6.45, 7) is 9.38. The second-order valence-electron chi connectivity index (χ2n) is 16.0. The van der Waals surface area contributed by atoms with Crippen molar-refractivity contribution in [3.8, 4) is 0 Å². The number of carbonyl (C=O) groups is 1. The van der Waals surface area contributed by atoms with Crippen LogP contribution in [0.2, 0.25) is 0 Å². The minimum Gasteiger partial charge on any atom is -0.748 e. The van der Waals surface area contributed by atoms with E-state index in [0.717, 1.165) is 63.7 Å². The van der Waals surface area contributed by atoms with Crippen LogP contribution < -0.4 is 15.1 Å². The van der Waals surface area contributed by atoms with E-state index in [1.165, 1.54) is 12.1 Å². The molecule has 3 aromatic carbocycles. The maximum atomic E-state index is 14.6. The van der Waals surface area contributed by atoms with Gasteiger partial charge in [0.05, 0.1) is 21.2 Å². The molecule has 2 heterocycles. The number of carbonyl (C=O) groups excluding carboxylic acids is 1. The number of hydrogen-bond acceptors (Lipinski definition) is 9. The van der Waals surface area contributed by atoms with Crippen molar-refractivity contribution < 1.29 is 50.1 Å². The average molecular weight is 865 g/mol. The monoisotopic (exact) mass is 864 g/mol. The molecule has 2 aliphatic heterocycles. The summed E-state index contributed by atoms with van der Waals surface area (Å²) in [5.41, 5.74) is 6.23. The molecule has 1 amide bonds. The number of amides is 1. The third-order valence-corrected chi connectivity index (χ3v) is 12.8. The zero-order chi connectivity index (χ0) is 43.3. The minimum atomic E-state index is -5.18. The Kier molecular flexibility index (Phi) is 14.0. The number of anilines is 2. The van der Waals surface area contributed by atoms with Crippen molar-refractivity contribution in [3.05, 3.63) is 137 Å². The molecule has 6 rings (SSSR count). The third kappa shape index (κ3) is 9.82. The Balaban J connectivity index is 1.47. The molecule has 0 spiro atoms. The molecule has 15 heteroatoms. The molecule has 0 N–H and O–H groups in total. The molecule has 320 valence electrons. The van der Waals surface area contributed by atoms with E-state index in [1.807, 2.05) is 66.8 Å². The molecule has 0 saturated heterocycles. The zero-order valence-corrected chi connectivity index (χ0v) is 35.7. The Morgan fingerprint density at radius 1 is 0.883 bits per heavy atom. The van der Waals surface area contributed by atoms with E-state index in [2.05, 4.69) is 52.6 Å². The lowest BCUT2D eigenvalue weighted by Crippen LogP contribution is -2.41. The Labute approximate surface area is 354 Å². The summed E-state index contributed by atoms with van der Waals surface area (Å²) in [5.74, 6) is -1.94. The summed E-state index contributed by atoms with van der Waals surface area (Å²) in [4.78, 5) is 16.6. The molecule has 10 nitrogen and oxygen atoms in total. The lowest BCUT2D eigenvalue weighted by Gasteiger charge is -2.28. The fraction of sp³-hybridized carbons (Fsp3) is 0.378. The summed E-state index contributed by atoms with van der Waals surface area (Å²) in [5, 5.41) is 13.7. The van der Waals surface area contributed by atoms with Gasteiger partial charge in [0.25, 0.3) is 0 Å². The van der Waals surface area contributed by atoms with E-state index in [4.69, 9.17) is 0 Å². The maximum absolute atomic E-state index is 14.6. The Morgan fingerprint density at radius 3 is 2.27 bits per heavy atom. The molecule has 0 bridgehead atoms. The Bertz CT molecular complexity index is 2340. The Morgan fingerprint density at radius 2 is 1.57 bits per heavy atom. The van der Waals surface area contributed by atoms with E-state index >= 15 is 0 Å². The fourth-order valence-electron chi connectivity index (χ4n) is 8.53. The van der Waals surface area contributed by atoms with Crippen LogP contribution in [0.15, 0.2) is 126 Å². The molecule has 0 radical (unpaired) electrons. The van der Waals surface area contributed by atoms with Gasteiger partial charge < -0.3 is 14.7 Å². The topological polar surface area (TPSA) is 125 Å². The summed E-state index contributed by atoms with van der Waals surface area (Å²) in [7, 11) is -4.38. The second-order valence-corrected chi connectivity index (χ2v) is 18.3. The van der Waals surface area contributed by atoms with Crippen LogP contribution in [0.5, 0.6) is 0 Å². The van der Waals surface area contributed by atoms with Crippen LogP contribution in [-0.4, -0.2) is 59.9 Å². The van der Waals surface area contributed by atoms with E-state index in [-0.39, 0.29) is 17.8 Å². The lowest BCUT2D eigenvalue weighted by molar-refractivity contribution is -0.777. The van der Waals surface area contributed by atoms with Gasteiger partial charge in [0, 0.05) is 76.7 Å². The normalized spacial score (nSPS) is 18.6. The van der Waals surface area contributed by atoms with Gasteiger partial charge in [-0.2, -0.15) is 22.1 Å². The van der Waals surface area contributed by atoms with E-state index < -0.39 is 38.8 Å². The zero-order valence-electron chi connectivity index (χ0n) is 34.0. The highest BCUT2D eigenvalue weighted by molar-refractivity contribution is 7.94. The number of nitrogens with zero attached hydrogens (tertiary/aromatic N) is 3. The van der Waals surface area contributed by atoms with E-state index in [1.54, 1.807) is 18.2 Å². The highest BCUT2D eigenvalue weighted by Crippen LogP contribution is 2.48. The molecule has 3 aromatic rings. The lowest BCUT2D eigenvalue weighted by atomic mass is 9.81. The van der Waals surface area contributed by atoms with Crippen molar-refractivity contribution >= 4 is 50.8 Å². The van der Waals surface area contributed by atoms with Crippen molar-refractivity contribution in [2.24, 2.45) is 0 Å². The molecule has 0 fully saturated rings. The van der Waals surface area contributed by atoms with Gasteiger partial charge in [-0.15, -0.1) is 0 Å². The van der Waals surface area contributed by atoms with Crippen LogP contribution in [0.1, 0.15) is 77.3 Å². The fourth-order valence-corrected chi connectivity index (χ4v) is 9.52.